The van der Waals surface area contributed by atoms with E-state index in [1.54, 1.807) is 19.2 Å². The first-order valence-corrected chi connectivity index (χ1v) is 6.66. The van der Waals surface area contributed by atoms with Crippen molar-refractivity contribution in [3.63, 3.8) is 0 Å². The van der Waals surface area contributed by atoms with Crippen LogP contribution in [0, 0.1) is 6.92 Å². The van der Waals surface area contributed by atoms with Crippen LogP contribution in [0.3, 0.4) is 0 Å². The number of hydrazone groups is 1. The van der Waals surface area contributed by atoms with E-state index in [1.165, 1.54) is 0 Å². The first kappa shape index (κ1) is 14.8. The Hall–Kier alpha value is -2.62. The molecule has 1 N–H and O–H groups in total. The number of amides is 1. The van der Waals surface area contributed by atoms with Crippen LogP contribution in [-0.2, 0) is 0 Å². The minimum absolute atomic E-state index is 0.220. The quantitative estimate of drug-likeness (QED) is 0.691. The van der Waals surface area contributed by atoms with E-state index in [1.807, 2.05) is 50.2 Å². The summed E-state index contributed by atoms with van der Waals surface area (Å²) in [5, 5.41) is 4.12. The van der Waals surface area contributed by atoms with Crippen LogP contribution in [0.5, 0.6) is 5.75 Å². The van der Waals surface area contributed by atoms with Crippen LogP contribution >= 0.6 is 0 Å². The number of nitrogens with one attached hydrogen (secondary N) is 1. The molecule has 4 nitrogen and oxygen atoms in total. The van der Waals surface area contributed by atoms with Gasteiger partial charge in [0, 0.05) is 5.56 Å². The second kappa shape index (κ2) is 6.70. The summed E-state index contributed by atoms with van der Waals surface area (Å²) in [6.45, 7) is 3.82. The second-order valence-corrected chi connectivity index (χ2v) is 4.73. The van der Waals surface area contributed by atoms with Gasteiger partial charge in [0.1, 0.15) is 5.75 Å². The molecule has 0 aromatic heterocycles. The smallest absolute Gasteiger partial charge is 0.271 e. The van der Waals surface area contributed by atoms with Gasteiger partial charge in [-0.2, -0.15) is 5.10 Å². The predicted molar refractivity (Wildman–Crippen MR) is 83.9 cm³/mol. The van der Waals surface area contributed by atoms with Gasteiger partial charge in [-0.3, -0.25) is 4.79 Å². The summed E-state index contributed by atoms with van der Waals surface area (Å²) in [7, 11) is 1.62. The van der Waals surface area contributed by atoms with Crippen molar-refractivity contribution in [3.8, 4) is 5.75 Å². The number of benzene rings is 2. The van der Waals surface area contributed by atoms with Crippen LogP contribution in [0.25, 0.3) is 0 Å². The lowest BCUT2D eigenvalue weighted by Crippen LogP contribution is -2.19. The number of carbonyl (C=O) groups is 1. The number of carbonyl (C=O) groups excluding carboxylic acids is 1. The van der Waals surface area contributed by atoms with Gasteiger partial charge in [0.05, 0.1) is 12.8 Å². The number of hydrogen-bond acceptors (Lipinski definition) is 3. The molecule has 108 valence electrons. The molecule has 0 saturated heterocycles. The average Bonchev–Trinajstić information content (AvgIpc) is 2.53. The van der Waals surface area contributed by atoms with E-state index in [-0.39, 0.29) is 5.91 Å². The Bertz CT molecular complexity index is 643. The van der Waals surface area contributed by atoms with Gasteiger partial charge in [-0.1, -0.05) is 17.7 Å². The van der Waals surface area contributed by atoms with E-state index >= 15 is 0 Å². The molecule has 0 heterocycles. The highest BCUT2D eigenvalue weighted by Crippen LogP contribution is 2.11. The molecule has 1 amide bonds. The third-order valence-corrected chi connectivity index (χ3v) is 3.15. The molecule has 0 aliphatic heterocycles. The zero-order chi connectivity index (χ0) is 15.2. The van der Waals surface area contributed by atoms with E-state index in [9.17, 15) is 4.79 Å². The fraction of sp³-hybridized carbons (Fsp3) is 0.176. The van der Waals surface area contributed by atoms with Gasteiger partial charge >= 0.3 is 0 Å². The third-order valence-electron chi connectivity index (χ3n) is 3.15. The Balaban J connectivity index is 2.05. The fourth-order valence-electron chi connectivity index (χ4n) is 1.80. The van der Waals surface area contributed by atoms with Crippen molar-refractivity contribution in [2.24, 2.45) is 5.10 Å². The zero-order valence-electron chi connectivity index (χ0n) is 12.4. The van der Waals surface area contributed by atoms with Crippen molar-refractivity contribution >= 4 is 11.6 Å². The molecule has 2 aromatic rings. The van der Waals surface area contributed by atoms with E-state index < -0.39 is 0 Å². The summed E-state index contributed by atoms with van der Waals surface area (Å²) < 4.78 is 5.10. The lowest BCUT2D eigenvalue weighted by molar-refractivity contribution is 0.0955. The molecule has 0 aliphatic carbocycles. The van der Waals surface area contributed by atoms with Gasteiger partial charge < -0.3 is 4.74 Å². The highest BCUT2D eigenvalue weighted by molar-refractivity contribution is 6.00. The molecule has 0 aliphatic rings. The number of aryl methyl sites for hydroxylation is 1. The van der Waals surface area contributed by atoms with Crippen LogP contribution in [0.4, 0.5) is 0 Å². The molecule has 0 bridgehead atoms. The molecule has 0 radical (unpaired) electrons. The van der Waals surface area contributed by atoms with Crippen LogP contribution in [0.15, 0.2) is 53.6 Å². The van der Waals surface area contributed by atoms with Gasteiger partial charge in [-0.15, -0.1) is 0 Å². The topological polar surface area (TPSA) is 50.7 Å². The SMILES string of the molecule is COc1ccc(/C(C)=N/NC(=O)c2ccc(C)cc2)cc1. The maximum absolute atomic E-state index is 12.0. The van der Waals surface area contributed by atoms with Crippen molar-refractivity contribution in [2.45, 2.75) is 13.8 Å². The average molecular weight is 282 g/mol. The van der Waals surface area contributed by atoms with Gasteiger partial charge in [0.15, 0.2) is 0 Å². The second-order valence-electron chi connectivity index (χ2n) is 4.73. The number of nitrogens with zero attached hydrogens (tertiary/aromatic N) is 1. The summed E-state index contributed by atoms with van der Waals surface area (Å²) in [4.78, 5) is 12.0. The molecular weight excluding hydrogens is 264 g/mol. The first-order chi connectivity index (χ1) is 10.1. The molecule has 21 heavy (non-hydrogen) atoms. The lowest BCUT2D eigenvalue weighted by Gasteiger charge is -2.04. The first-order valence-electron chi connectivity index (χ1n) is 6.66. The Morgan fingerprint density at radius 3 is 2.14 bits per heavy atom. The third kappa shape index (κ3) is 3.92. The Morgan fingerprint density at radius 1 is 1.00 bits per heavy atom. The summed E-state index contributed by atoms with van der Waals surface area (Å²) in [6, 6.07) is 14.9. The standard InChI is InChI=1S/C17H18N2O2/c1-12-4-6-15(7-5-12)17(20)19-18-13(2)14-8-10-16(21-3)11-9-14/h4-11H,1-3H3,(H,19,20)/b18-13+. The number of rotatable bonds is 4. The minimum Gasteiger partial charge on any atom is -0.497 e. The van der Waals surface area contributed by atoms with Crippen LogP contribution in [0.2, 0.25) is 0 Å². The molecule has 0 saturated carbocycles. The van der Waals surface area contributed by atoms with Crippen LogP contribution < -0.4 is 10.2 Å². The van der Waals surface area contributed by atoms with Crippen molar-refractivity contribution < 1.29 is 9.53 Å². The fourth-order valence-corrected chi connectivity index (χ4v) is 1.80. The molecule has 4 heteroatoms. The monoisotopic (exact) mass is 282 g/mol. The Labute approximate surface area is 124 Å². The number of ether oxygens (including phenoxy) is 1. The molecule has 0 unspecified atom stereocenters. The molecule has 2 aromatic carbocycles. The summed E-state index contributed by atoms with van der Waals surface area (Å²) >= 11 is 0. The lowest BCUT2D eigenvalue weighted by atomic mass is 10.1. The Morgan fingerprint density at radius 2 is 1.57 bits per heavy atom. The minimum atomic E-state index is -0.220. The van der Waals surface area contributed by atoms with E-state index in [2.05, 4.69) is 10.5 Å². The predicted octanol–water partition coefficient (Wildman–Crippen LogP) is 3.16. The van der Waals surface area contributed by atoms with Gasteiger partial charge in [0.2, 0.25) is 0 Å². The van der Waals surface area contributed by atoms with Crippen molar-refractivity contribution in [3.05, 3.63) is 65.2 Å². The summed E-state index contributed by atoms with van der Waals surface area (Å²) in [5.41, 5.74) is 5.93. The number of methoxy groups -OCH3 is 1. The maximum Gasteiger partial charge on any atom is 0.271 e. The van der Waals surface area contributed by atoms with E-state index in [4.69, 9.17) is 4.74 Å². The van der Waals surface area contributed by atoms with Crippen LogP contribution in [0.1, 0.15) is 28.4 Å². The van der Waals surface area contributed by atoms with Gasteiger partial charge in [-0.05, 0) is 55.8 Å². The summed E-state index contributed by atoms with van der Waals surface area (Å²) in [5.74, 6) is 0.568. The van der Waals surface area contributed by atoms with E-state index in [0.717, 1.165) is 22.6 Å². The van der Waals surface area contributed by atoms with Crippen molar-refractivity contribution in [1.82, 2.24) is 5.43 Å². The molecule has 0 fully saturated rings. The van der Waals surface area contributed by atoms with Crippen molar-refractivity contribution in [2.75, 3.05) is 7.11 Å². The zero-order valence-corrected chi connectivity index (χ0v) is 12.4. The maximum atomic E-state index is 12.0. The molecule has 2 rings (SSSR count). The normalized spacial score (nSPS) is 11.1. The largest absolute Gasteiger partial charge is 0.497 e. The van der Waals surface area contributed by atoms with Crippen LogP contribution in [-0.4, -0.2) is 18.7 Å². The highest BCUT2D eigenvalue weighted by atomic mass is 16.5. The summed E-state index contributed by atoms with van der Waals surface area (Å²) in [6.07, 6.45) is 0. The molecular formula is C17H18N2O2. The van der Waals surface area contributed by atoms with E-state index in [0.29, 0.717) is 5.56 Å². The van der Waals surface area contributed by atoms with Gasteiger partial charge in [-0.25, -0.2) is 5.43 Å². The van der Waals surface area contributed by atoms with Crippen molar-refractivity contribution in [1.29, 1.82) is 0 Å². The Kier molecular flexibility index (Phi) is 4.72. The molecule has 0 atom stereocenters. The van der Waals surface area contributed by atoms with Gasteiger partial charge in [0.25, 0.3) is 5.91 Å². The number of hydrogen-bond donors (Lipinski definition) is 1. The molecule has 0 spiro atoms. The highest BCUT2D eigenvalue weighted by Gasteiger charge is 2.04.